The Kier molecular flexibility index (Phi) is 8.06. The summed E-state index contributed by atoms with van der Waals surface area (Å²) >= 11 is 0. The molecule has 0 bridgehead atoms. The number of hydrogen-bond acceptors (Lipinski definition) is 2. The van der Waals surface area contributed by atoms with Crippen molar-refractivity contribution in [2.45, 2.75) is 70.8 Å². The highest BCUT2D eigenvalue weighted by Gasteiger charge is 2.16. The van der Waals surface area contributed by atoms with Gasteiger partial charge in [0.2, 0.25) is 5.91 Å². The first-order valence-electron chi connectivity index (χ1n) is 7.71. The summed E-state index contributed by atoms with van der Waals surface area (Å²) in [5.74, 6) is 0.175. The van der Waals surface area contributed by atoms with E-state index in [1.165, 1.54) is 51.5 Å². The molecule has 1 aliphatic carbocycles. The third kappa shape index (κ3) is 6.39. The van der Waals surface area contributed by atoms with E-state index in [9.17, 15) is 4.79 Å². The first-order chi connectivity index (χ1) is 8.74. The molecule has 0 heterocycles. The quantitative estimate of drug-likeness (QED) is 0.675. The lowest BCUT2D eigenvalue weighted by molar-refractivity contribution is -0.120. The minimum atomic E-state index is 0.175. The maximum atomic E-state index is 11.0. The summed E-state index contributed by atoms with van der Waals surface area (Å²) in [5.41, 5.74) is 0. The molecule has 3 nitrogen and oxygen atoms in total. The molecule has 1 fully saturated rings. The van der Waals surface area contributed by atoms with Crippen molar-refractivity contribution >= 4 is 5.91 Å². The third-order valence-corrected chi connectivity index (χ3v) is 4.03. The Hall–Kier alpha value is -0.570. The Morgan fingerprint density at radius 1 is 1.17 bits per heavy atom. The summed E-state index contributed by atoms with van der Waals surface area (Å²) in [6.45, 7) is 3.96. The van der Waals surface area contributed by atoms with Gasteiger partial charge in [0.15, 0.2) is 0 Å². The summed E-state index contributed by atoms with van der Waals surface area (Å²) in [5, 5.41) is 2.93. The van der Waals surface area contributed by atoms with Gasteiger partial charge in [-0.1, -0.05) is 32.6 Å². The summed E-state index contributed by atoms with van der Waals surface area (Å²) in [7, 11) is 2.27. The van der Waals surface area contributed by atoms with E-state index in [-0.39, 0.29) is 5.91 Å². The van der Waals surface area contributed by atoms with E-state index < -0.39 is 0 Å². The average Bonchev–Trinajstić information content (AvgIpc) is 2.43. The molecule has 0 aromatic rings. The minimum Gasteiger partial charge on any atom is -0.356 e. The van der Waals surface area contributed by atoms with E-state index in [2.05, 4.69) is 17.3 Å². The lowest BCUT2D eigenvalue weighted by Crippen LogP contribution is -2.34. The molecule has 0 unspecified atom stereocenters. The van der Waals surface area contributed by atoms with Crippen molar-refractivity contribution in [3.63, 3.8) is 0 Å². The van der Waals surface area contributed by atoms with E-state index >= 15 is 0 Å². The van der Waals surface area contributed by atoms with Crippen LogP contribution in [0.25, 0.3) is 0 Å². The Bertz CT molecular complexity index is 225. The second kappa shape index (κ2) is 9.37. The zero-order valence-electron chi connectivity index (χ0n) is 12.2. The van der Waals surface area contributed by atoms with E-state index in [1.807, 2.05) is 6.92 Å². The predicted molar refractivity (Wildman–Crippen MR) is 76.7 cm³/mol. The molecule has 0 atom stereocenters. The van der Waals surface area contributed by atoms with Gasteiger partial charge < -0.3 is 10.2 Å². The zero-order chi connectivity index (χ0) is 13.2. The number of hydrogen-bond donors (Lipinski definition) is 1. The number of unbranched alkanes of at least 4 members (excludes halogenated alkanes) is 2. The molecule has 3 heteroatoms. The SMILES string of the molecule is CCC(=O)NCCCCCN(C)C1CCCCC1. The molecule has 0 aromatic carbocycles. The van der Waals surface area contributed by atoms with Crippen molar-refractivity contribution < 1.29 is 4.79 Å². The van der Waals surface area contributed by atoms with Gasteiger partial charge in [0.1, 0.15) is 0 Å². The minimum absolute atomic E-state index is 0.175. The number of carbonyl (C=O) groups is 1. The molecule has 0 saturated heterocycles. The Morgan fingerprint density at radius 2 is 1.89 bits per heavy atom. The Labute approximate surface area is 112 Å². The van der Waals surface area contributed by atoms with Crippen molar-refractivity contribution in [1.29, 1.82) is 0 Å². The Morgan fingerprint density at radius 3 is 2.56 bits per heavy atom. The van der Waals surface area contributed by atoms with Gasteiger partial charge in [0, 0.05) is 19.0 Å². The van der Waals surface area contributed by atoms with Gasteiger partial charge in [0.05, 0.1) is 0 Å². The van der Waals surface area contributed by atoms with Crippen molar-refractivity contribution in [2.24, 2.45) is 0 Å². The smallest absolute Gasteiger partial charge is 0.219 e. The number of nitrogens with one attached hydrogen (secondary N) is 1. The van der Waals surface area contributed by atoms with Crippen LogP contribution in [0.1, 0.15) is 64.7 Å². The molecule has 1 saturated carbocycles. The van der Waals surface area contributed by atoms with Crippen LogP contribution in [0, 0.1) is 0 Å². The monoisotopic (exact) mass is 254 g/mol. The lowest BCUT2D eigenvalue weighted by Gasteiger charge is -2.31. The molecule has 18 heavy (non-hydrogen) atoms. The first kappa shape index (κ1) is 15.5. The maximum Gasteiger partial charge on any atom is 0.219 e. The van der Waals surface area contributed by atoms with Gasteiger partial charge in [-0.3, -0.25) is 4.79 Å². The highest BCUT2D eigenvalue weighted by atomic mass is 16.1. The summed E-state index contributed by atoms with van der Waals surface area (Å²) < 4.78 is 0. The number of amides is 1. The van der Waals surface area contributed by atoms with Crippen LogP contribution < -0.4 is 5.32 Å². The second-order valence-corrected chi connectivity index (χ2v) is 5.54. The van der Waals surface area contributed by atoms with E-state index in [1.54, 1.807) is 0 Å². The molecule has 1 N–H and O–H groups in total. The van der Waals surface area contributed by atoms with Crippen LogP contribution in [0.4, 0.5) is 0 Å². The second-order valence-electron chi connectivity index (χ2n) is 5.54. The predicted octanol–water partition coefficient (Wildman–Crippen LogP) is 2.95. The molecule has 1 rings (SSSR count). The van der Waals surface area contributed by atoms with Crippen molar-refractivity contribution in [2.75, 3.05) is 20.1 Å². The van der Waals surface area contributed by atoms with Crippen molar-refractivity contribution in [3.8, 4) is 0 Å². The lowest BCUT2D eigenvalue weighted by atomic mass is 9.94. The molecule has 1 amide bonds. The fourth-order valence-corrected chi connectivity index (χ4v) is 2.72. The molecule has 0 spiro atoms. The maximum absolute atomic E-state index is 11.0. The van der Waals surface area contributed by atoms with Gasteiger partial charge >= 0.3 is 0 Å². The number of carbonyl (C=O) groups excluding carboxylic acids is 1. The molecule has 0 aliphatic heterocycles. The normalized spacial score (nSPS) is 17.1. The molecule has 1 aliphatic rings. The summed E-state index contributed by atoms with van der Waals surface area (Å²) in [4.78, 5) is 13.6. The van der Waals surface area contributed by atoms with E-state index in [0.29, 0.717) is 6.42 Å². The van der Waals surface area contributed by atoms with Crippen LogP contribution in [-0.2, 0) is 4.79 Å². The fraction of sp³-hybridized carbons (Fsp3) is 0.933. The zero-order valence-corrected chi connectivity index (χ0v) is 12.2. The average molecular weight is 254 g/mol. The van der Waals surface area contributed by atoms with Crippen LogP contribution in [0.2, 0.25) is 0 Å². The summed E-state index contributed by atoms with van der Waals surface area (Å²) in [6, 6.07) is 0.832. The molecule has 0 aromatic heterocycles. The van der Waals surface area contributed by atoms with Gasteiger partial charge in [-0.2, -0.15) is 0 Å². The highest BCUT2D eigenvalue weighted by Crippen LogP contribution is 2.21. The molecule has 0 radical (unpaired) electrons. The van der Waals surface area contributed by atoms with Gasteiger partial charge in [-0.05, 0) is 39.3 Å². The van der Waals surface area contributed by atoms with Crippen molar-refractivity contribution in [1.82, 2.24) is 10.2 Å². The number of nitrogens with zero attached hydrogens (tertiary/aromatic N) is 1. The van der Waals surface area contributed by atoms with Crippen LogP contribution in [0.5, 0.6) is 0 Å². The highest BCUT2D eigenvalue weighted by molar-refractivity contribution is 5.75. The molecular weight excluding hydrogens is 224 g/mol. The van der Waals surface area contributed by atoms with Crippen LogP contribution in [0.3, 0.4) is 0 Å². The van der Waals surface area contributed by atoms with Crippen LogP contribution in [0.15, 0.2) is 0 Å². The van der Waals surface area contributed by atoms with E-state index in [4.69, 9.17) is 0 Å². The standard InChI is InChI=1S/C15H30N2O/c1-3-15(18)16-12-8-5-9-13-17(2)14-10-6-4-7-11-14/h14H,3-13H2,1-2H3,(H,16,18). The van der Waals surface area contributed by atoms with Crippen molar-refractivity contribution in [3.05, 3.63) is 0 Å². The summed E-state index contributed by atoms with van der Waals surface area (Å²) in [6.07, 6.45) is 11.2. The van der Waals surface area contributed by atoms with Crippen LogP contribution >= 0.6 is 0 Å². The topological polar surface area (TPSA) is 32.3 Å². The van der Waals surface area contributed by atoms with Crippen LogP contribution in [-0.4, -0.2) is 37.0 Å². The fourth-order valence-electron chi connectivity index (χ4n) is 2.72. The Balaban J connectivity index is 1.95. The number of rotatable bonds is 8. The van der Waals surface area contributed by atoms with Gasteiger partial charge in [-0.25, -0.2) is 0 Å². The van der Waals surface area contributed by atoms with Gasteiger partial charge in [-0.15, -0.1) is 0 Å². The van der Waals surface area contributed by atoms with Gasteiger partial charge in [0.25, 0.3) is 0 Å². The largest absolute Gasteiger partial charge is 0.356 e. The first-order valence-corrected chi connectivity index (χ1v) is 7.71. The molecular formula is C15H30N2O. The third-order valence-electron chi connectivity index (χ3n) is 4.03. The molecule has 106 valence electrons. The van der Waals surface area contributed by atoms with E-state index in [0.717, 1.165) is 19.0 Å².